The van der Waals surface area contributed by atoms with E-state index in [9.17, 15) is 14.7 Å². The van der Waals surface area contributed by atoms with Gasteiger partial charge in [0.15, 0.2) is 0 Å². The van der Waals surface area contributed by atoms with E-state index in [1.807, 2.05) is 17.0 Å². The second kappa shape index (κ2) is 10.5. The predicted octanol–water partition coefficient (Wildman–Crippen LogP) is 4.47. The van der Waals surface area contributed by atoms with Crippen LogP contribution in [0.25, 0.3) is 0 Å². The number of hydrogen-bond donors (Lipinski definition) is 2. The van der Waals surface area contributed by atoms with Gasteiger partial charge in [-0.15, -0.1) is 11.8 Å². The predicted molar refractivity (Wildman–Crippen MR) is 116 cm³/mol. The first-order valence-corrected chi connectivity index (χ1v) is 12.0. The Labute approximate surface area is 177 Å². The van der Waals surface area contributed by atoms with Gasteiger partial charge in [-0.05, 0) is 56.2 Å². The number of thioether (sulfide) groups is 1. The minimum absolute atomic E-state index is 0.193. The quantitative estimate of drug-likeness (QED) is 0.650. The topological polar surface area (TPSA) is 77.8 Å². The minimum atomic E-state index is -0.904. The maximum absolute atomic E-state index is 12.4. The molecule has 1 saturated heterocycles. The third kappa shape index (κ3) is 6.48. The first-order chi connectivity index (χ1) is 14.0. The number of carbonyl (C=O) groups excluding carboxylic acids is 1. The summed E-state index contributed by atoms with van der Waals surface area (Å²) >= 11 is 1.71. The van der Waals surface area contributed by atoms with E-state index in [2.05, 4.69) is 0 Å². The minimum Gasteiger partial charge on any atom is -0.478 e. The zero-order valence-electron chi connectivity index (χ0n) is 17.1. The van der Waals surface area contributed by atoms with Crippen molar-refractivity contribution in [3.05, 3.63) is 35.4 Å². The van der Waals surface area contributed by atoms with Crippen molar-refractivity contribution >= 4 is 23.6 Å². The number of rotatable bonds is 8. The first-order valence-electron chi connectivity index (χ1n) is 10.9. The lowest BCUT2D eigenvalue weighted by atomic mass is 9.84. The largest absolute Gasteiger partial charge is 0.478 e. The molecule has 6 heteroatoms. The summed E-state index contributed by atoms with van der Waals surface area (Å²) in [6, 6.07) is 7.04. The third-order valence-electron chi connectivity index (χ3n) is 6.29. The Morgan fingerprint density at radius 1 is 1.10 bits per heavy atom. The van der Waals surface area contributed by atoms with E-state index < -0.39 is 11.6 Å². The number of carbonyl (C=O) groups is 2. The summed E-state index contributed by atoms with van der Waals surface area (Å²) in [5, 5.41) is 20.2. The molecule has 5 nitrogen and oxygen atoms in total. The smallest absolute Gasteiger partial charge is 0.335 e. The monoisotopic (exact) mass is 419 g/mol. The fraction of sp³-hybridized carbons (Fsp3) is 0.652. The Kier molecular flexibility index (Phi) is 8.01. The zero-order chi connectivity index (χ0) is 20.7. The number of aromatic carboxylic acids is 1. The lowest BCUT2D eigenvalue weighted by Crippen LogP contribution is -2.39. The SMILES string of the molecule is O=C(O)c1ccc(CCCC2SCC(=O)N2CCC2(O)CCCCCCC2)cc1. The van der Waals surface area contributed by atoms with Crippen LogP contribution in [0.4, 0.5) is 0 Å². The maximum Gasteiger partial charge on any atom is 0.335 e. The van der Waals surface area contributed by atoms with Crippen LogP contribution >= 0.6 is 11.8 Å². The van der Waals surface area contributed by atoms with E-state index in [0.717, 1.165) is 50.5 Å². The molecule has 1 atom stereocenters. The van der Waals surface area contributed by atoms with Crippen LogP contribution in [0.15, 0.2) is 24.3 Å². The van der Waals surface area contributed by atoms with Gasteiger partial charge in [0.1, 0.15) is 0 Å². The van der Waals surface area contributed by atoms with Gasteiger partial charge in [0, 0.05) is 6.54 Å². The molecule has 29 heavy (non-hydrogen) atoms. The van der Waals surface area contributed by atoms with Gasteiger partial charge in [0.25, 0.3) is 0 Å². The van der Waals surface area contributed by atoms with Crippen LogP contribution in [-0.2, 0) is 11.2 Å². The molecular weight excluding hydrogens is 386 g/mol. The number of carboxylic acid groups (broad SMARTS) is 1. The lowest BCUT2D eigenvalue weighted by molar-refractivity contribution is -0.128. The van der Waals surface area contributed by atoms with E-state index in [-0.39, 0.29) is 11.3 Å². The van der Waals surface area contributed by atoms with Crippen molar-refractivity contribution in [1.29, 1.82) is 0 Å². The van der Waals surface area contributed by atoms with Gasteiger partial charge in [-0.1, -0.05) is 44.2 Å². The number of nitrogens with zero attached hydrogens (tertiary/aromatic N) is 1. The Morgan fingerprint density at radius 3 is 2.41 bits per heavy atom. The van der Waals surface area contributed by atoms with Crippen LogP contribution in [0.1, 0.15) is 80.1 Å². The number of benzene rings is 1. The number of aryl methyl sites for hydroxylation is 1. The van der Waals surface area contributed by atoms with Crippen LogP contribution in [0.2, 0.25) is 0 Å². The highest BCUT2D eigenvalue weighted by molar-refractivity contribution is 8.00. The van der Waals surface area contributed by atoms with Crippen molar-refractivity contribution < 1.29 is 19.8 Å². The van der Waals surface area contributed by atoms with Gasteiger partial charge in [-0.2, -0.15) is 0 Å². The lowest BCUT2D eigenvalue weighted by Gasteiger charge is -2.33. The number of aliphatic hydroxyl groups is 1. The van der Waals surface area contributed by atoms with Gasteiger partial charge in [0.2, 0.25) is 5.91 Å². The van der Waals surface area contributed by atoms with E-state index in [1.165, 1.54) is 19.3 Å². The van der Waals surface area contributed by atoms with Crippen LogP contribution in [-0.4, -0.2) is 50.3 Å². The van der Waals surface area contributed by atoms with Gasteiger partial charge in [0.05, 0.1) is 22.3 Å². The molecule has 1 aliphatic heterocycles. The molecule has 1 aromatic rings. The molecule has 2 N–H and O–H groups in total. The van der Waals surface area contributed by atoms with Gasteiger partial charge in [-0.3, -0.25) is 4.79 Å². The van der Waals surface area contributed by atoms with Crippen molar-refractivity contribution in [2.45, 2.75) is 81.6 Å². The van der Waals surface area contributed by atoms with Crippen molar-refractivity contribution in [3.8, 4) is 0 Å². The highest BCUT2D eigenvalue weighted by Gasteiger charge is 2.34. The van der Waals surface area contributed by atoms with Crippen molar-refractivity contribution in [2.75, 3.05) is 12.3 Å². The molecule has 160 valence electrons. The Bertz CT molecular complexity index is 683. The normalized spacial score (nSPS) is 22.3. The molecule has 1 unspecified atom stereocenters. The number of amides is 1. The Hall–Kier alpha value is -1.53. The molecule has 1 saturated carbocycles. The van der Waals surface area contributed by atoms with Gasteiger partial charge in [-0.25, -0.2) is 4.79 Å². The summed E-state index contributed by atoms with van der Waals surface area (Å²) in [5.74, 6) is -0.171. The second-order valence-corrected chi connectivity index (χ2v) is 9.66. The molecular formula is C23H33NO4S. The Morgan fingerprint density at radius 2 is 1.76 bits per heavy atom. The van der Waals surface area contributed by atoms with Crippen LogP contribution in [0.5, 0.6) is 0 Å². The second-order valence-electron chi connectivity index (χ2n) is 8.49. The summed E-state index contributed by atoms with van der Waals surface area (Å²) in [5.41, 5.74) is 0.827. The summed E-state index contributed by atoms with van der Waals surface area (Å²) in [6.45, 7) is 0.653. The Balaban J connectivity index is 1.47. The summed E-state index contributed by atoms with van der Waals surface area (Å²) in [7, 11) is 0. The van der Waals surface area contributed by atoms with E-state index in [0.29, 0.717) is 24.3 Å². The molecule has 0 aromatic heterocycles. The summed E-state index contributed by atoms with van der Waals surface area (Å²) in [4.78, 5) is 25.3. The third-order valence-corrected chi connectivity index (χ3v) is 7.58. The van der Waals surface area contributed by atoms with E-state index in [4.69, 9.17) is 5.11 Å². The highest BCUT2D eigenvalue weighted by atomic mass is 32.2. The van der Waals surface area contributed by atoms with Crippen LogP contribution < -0.4 is 0 Å². The molecule has 3 rings (SSSR count). The zero-order valence-corrected chi connectivity index (χ0v) is 18.0. The fourth-order valence-corrected chi connectivity index (χ4v) is 5.68. The van der Waals surface area contributed by atoms with Crippen LogP contribution in [0.3, 0.4) is 0 Å². The average Bonchev–Trinajstić information content (AvgIpc) is 3.04. The maximum atomic E-state index is 12.4. The van der Waals surface area contributed by atoms with Gasteiger partial charge < -0.3 is 15.1 Å². The summed E-state index contributed by atoms with van der Waals surface area (Å²) in [6.07, 6.45) is 11.0. The molecule has 0 spiro atoms. The van der Waals surface area contributed by atoms with Crippen molar-refractivity contribution in [3.63, 3.8) is 0 Å². The first kappa shape index (κ1) is 22.2. The standard InChI is InChI=1S/C23H33NO4S/c25-20-17-29-21(8-6-7-18-9-11-19(12-10-18)22(26)27)24(20)16-15-23(28)13-4-2-1-3-5-14-23/h9-12,21,28H,1-8,13-17H2,(H,26,27). The molecule has 1 heterocycles. The molecule has 0 radical (unpaired) electrons. The van der Waals surface area contributed by atoms with E-state index >= 15 is 0 Å². The van der Waals surface area contributed by atoms with Crippen LogP contribution in [0, 0.1) is 0 Å². The van der Waals surface area contributed by atoms with Crippen molar-refractivity contribution in [1.82, 2.24) is 4.90 Å². The summed E-state index contributed by atoms with van der Waals surface area (Å²) < 4.78 is 0. The number of carboxylic acids is 1. The van der Waals surface area contributed by atoms with E-state index in [1.54, 1.807) is 23.9 Å². The molecule has 2 fully saturated rings. The van der Waals surface area contributed by atoms with Crippen molar-refractivity contribution in [2.24, 2.45) is 0 Å². The average molecular weight is 420 g/mol. The molecule has 1 amide bonds. The highest BCUT2D eigenvalue weighted by Crippen LogP contribution is 2.33. The molecule has 2 aliphatic rings. The molecule has 1 aliphatic carbocycles. The van der Waals surface area contributed by atoms with Gasteiger partial charge >= 0.3 is 5.97 Å². The fourth-order valence-electron chi connectivity index (χ4n) is 4.45. The molecule has 1 aromatic carbocycles. The molecule has 0 bridgehead atoms. The number of hydrogen-bond acceptors (Lipinski definition) is 4.